The maximum absolute atomic E-state index is 4.70. The van der Waals surface area contributed by atoms with E-state index < -0.39 is 0 Å². The van der Waals surface area contributed by atoms with Crippen molar-refractivity contribution in [3.8, 4) is 22.0 Å². The molecule has 1 fully saturated rings. The van der Waals surface area contributed by atoms with Crippen molar-refractivity contribution in [2.24, 2.45) is 4.99 Å². The van der Waals surface area contributed by atoms with Crippen LogP contribution in [-0.2, 0) is 0 Å². The van der Waals surface area contributed by atoms with Gasteiger partial charge in [0.2, 0.25) is 5.13 Å². The molecule has 2 N–H and O–H groups in total. The maximum atomic E-state index is 4.70. The third-order valence-corrected chi connectivity index (χ3v) is 5.62. The number of aromatic nitrogens is 2. The summed E-state index contributed by atoms with van der Waals surface area (Å²) in [5.74, 6) is 0. The van der Waals surface area contributed by atoms with Crippen molar-refractivity contribution in [3.63, 3.8) is 0 Å². The predicted octanol–water partition coefficient (Wildman–Crippen LogP) is 4.41. The number of aliphatic imine (C=N–C) groups is 1. The van der Waals surface area contributed by atoms with Gasteiger partial charge in [0.15, 0.2) is 0 Å². The van der Waals surface area contributed by atoms with E-state index >= 15 is 0 Å². The maximum Gasteiger partial charge on any atom is 0.209 e. The largest absolute Gasteiger partial charge is 0.304 e. The Hall–Kier alpha value is -1.93. The summed E-state index contributed by atoms with van der Waals surface area (Å²) in [6.07, 6.45) is 1.28. The molecule has 2 aromatic heterocycles. The van der Waals surface area contributed by atoms with Crippen molar-refractivity contribution in [1.29, 1.82) is 0 Å². The van der Waals surface area contributed by atoms with Crippen molar-refractivity contribution in [2.75, 3.05) is 19.8 Å². The molecule has 0 aliphatic carbocycles. The van der Waals surface area contributed by atoms with Gasteiger partial charge in [-0.3, -0.25) is 0 Å². The van der Waals surface area contributed by atoms with Crippen molar-refractivity contribution in [1.82, 2.24) is 20.6 Å². The third kappa shape index (κ3) is 4.82. The number of hydrogen-bond donors (Lipinski definition) is 2. The lowest BCUT2D eigenvalue weighted by atomic mass is 10.1. The number of thiazole rings is 2. The fourth-order valence-electron chi connectivity index (χ4n) is 2.54. The second kappa shape index (κ2) is 9.14. The molecule has 26 heavy (non-hydrogen) atoms. The standard InChI is InChI=1S/C15H13N3S2.C4H10N2/c1-9-4-5-10(2)11(6-9)14-17-12(7-19-14)13-8-20-15(16-3)18-13;1-2-5-4-6-3-1/h4-8H,3H2,1-2H3;5-6H,1-4H2. The Balaban J connectivity index is 0.000000278. The second-order valence-electron chi connectivity index (χ2n) is 6.06. The van der Waals surface area contributed by atoms with Crippen molar-refractivity contribution in [2.45, 2.75) is 20.3 Å². The highest BCUT2D eigenvalue weighted by Gasteiger charge is 2.11. The number of nitrogens with zero attached hydrogens (tertiary/aromatic N) is 3. The van der Waals surface area contributed by atoms with E-state index in [0.717, 1.165) is 23.1 Å². The van der Waals surface area contributed by atoms with E-state index in [2.05, 4.69) is 59.4 Å². The smallest absolute Gasteiger partial charge is 0.209 e. The van der Waals surface area contributed by atoms with Gasteiger partial charge >= 0.3 is 0 Å². The predicted molar refractivity (Wildman–Crippen MR) is 113 cm³/mol. The molecule has 0 spiro atoms. The number of benzene rings is 1. The van der Waals surface area contributed by atoms with Crippen LogP contribution in [0.25, 0.3) is 22.0 Å². The average molecular weight is 386 g/mol. The summed E-state index contributed by atoms with van der Waals surface area (Å²) < 4.78 is 0. The average Bonchev–Trinajstić information content (AvgIpc) is 3.34. The minimum atomic E-state index is 0.682. The van der Waals surface area contributed by atoms with Gasteiger partial charge in [-0.1, -0.05) is 17.7 Å². The van der Waals surface area contributed by atoms with Gasteiger partial charge in [-0.2, -0.15) is 0 Å². The molecule has 0 atom stereocenters. The molecule has 3 heterocycles. The minimum absolute atomic E-state index is 0.682. The summed E-state index contributed by atoms with van der Waals surface area (Å²) in [7, 11) is 0. The first-order chi connectivity index (χ1) is 12.7. The van der Waals surface area contributed by atoms with E-state index in [4.69, 9.17) is 4.98 Å². The number of aryl methyl sites for hydroxylation is 2. The van der Waals surface area contributed by atoms with Gasteiger partial charge in [0, 0.05) is 23.0 Å². The molecule has 136 valence electrons. The lowest BCUT2D eigenvalue weighted by Gasteiger charge is -2.11. The van der Waals surface area contributed by atoms with Crippen LogP contribution >= 0.6 is 22.7 Å². The Morgan fingerprint density at radius 3 is 2.38 bits per heavy atom. The highest BCUT2D eigenvalue weighted by molar-refractivity contribution is 7.14. The highest BCUT2D eigenvalue weighted by atomic mass is 32.1. The summed E-state index contributed by atoms with van der Waals surface area (Å²) in [6, 6.07) is 6.43. The molecular formula is C19H23N5S2. The fourth-order valence-corrected chi connectivity index (χ4v) is 4.05. The zero-order chi connectivity index (χ0) is 18.4. The van der Waals surface area contributed by atoms with Gasteiger partial charge in [0.05, 0.1) is 0 Å². The lowest BCUT2D eigenvalue weighted by molar-refractivity contribution is 0.496. The number of hydrogen-bond acceptors (Lipinski definition) is 7. The number of rotatable bonds is 3. The van der Waals surface area contributed by atoms with Crippen LogP contribution in [0.1, 0.15) is 17.5 Å². The summed E-state index contributed by atoms with van der Waals surface area (Å²) in [6.45, 7) is 11.1. The molecule has 1 aliphatic heterocycles. The quantitative estimate of drug-likeness (QED) is 0.656. The van der Waals surface area contributed by atoms with Gasteiger partial charge in [0.1, 0.15) is 16.4 Å². The first-order valence-electron chi connectivity index (χ1n) is 8.54. The summed E-state index contributed by atoms with van der Waals surface area (Å²) in [4.78, 5) is 12.9. The molecule has 0 saturated carbocycles. The van der Waals surface area contributed by atoms with Crippen molar-refractivity contribution in [3.05, 3.63) is 40.1 Å². The second-order valence-corrected chi connectivity index (χ2v) is 7.75. The van der Waals surface area contributed by atoms with Crippen LogP contribution in [0.2, 0.25) is 0 Å². The van der Waals surface area contributed by atoms with E-state index in [1.54, 1.807) is 11.3 Å². The molecule has 3 aromatic rings. The Morgan fingerprint density at radius 2 is 1.77 bits per heavy atom. The summed E-state index contributed by atoms with van der Waals surface area (Å²) in [5.41, 5.74) is 5.44. The lowest BCUT2D eigenvalue weighted by Crippen LogP contribution is -2.37. The summed E-state index contributed by atoms with van der Waals surface area (Å²) >= 11 is 3.12. The normalized spacial score (nSPS) is 13.8. The Kier molecular flexibility index (Phi) is 6.62. The molecule has 4 rings (SSSR count). The monoisotopic (exact) mass is 385 g/mol. The van der Waals surface area contributed by atoms with Crippen LogP contribution < -0.4 is 10.6 Å². The Labute approximate surface area is 162 Å². The molecule has 1 aromatic carbocycles. The first kappa shape index (κ1) is 18.8. The minimum Gasteiger partial charge on any atom is -0.304 e. The van der Waals surface area contributed by atoms with E-state index in [1.165, 1.54) is 47.5 Å². The molecule has 0 bridgehead atoms. The van der Waals surface area contributed by atoms with Crippen LogP contribution in [0, 0.1) is 13.8 Å². The van der Waals surface area contributed by atoms with Crippen LogP contribution in [0.3, 0.4) is 0 Å². The van der Waals surface area contributed by atoms with Gasteiger partial charge in [0.25, 0.3) is 0 Å². The van der Waals surface area contributed by atoms with E-state index in [1.807, 2.05) is 10.8 Å². The SMILES string of the molecule is C1CNCNC1.C=Nc1nc(-c2csc(-c3cc(C)ccc3C)n2)cs1. The fraction of sp³-hybridized carbons (Fsp3) is 0.316. The molecule has 0 radical (unpaired) electrons. The topological polar surface area (TPSA) is 62.2 Å². The molecule has 5 nitrogen and oxygen atoms in total. The molecular weight excluding hydrogens is 362 g/mol. The van der Waals surface area contributed by atoms with Crippen LogP contribution in [0.15, 0.2) is 34.0 Å². The Morgan fingerprint density at radius 1 is 1.04 bits per heavy atom. The third-order valence-electron chi connectivity index (χ3n) is 3.97. The first-order valence-corrected chi connectivity index (χ1v) is 10.3. The highest BCUT2D eigenvalue weighted by Crippen LogP contribution is 2.32. The van der Waals surface area contributed by atoms with Gasteiger partial charge in [-0.25, -0.2) is 15.0 Å². The number of nitrogens with one attached hydrogen (secondary N) is 2. The van der Waals surface area contributed by atoms with Gasteiger partial charge in [-0.05, 0) is 51.7 Å². The van der Waals surface area contributed by atoms with Gasteiger partial charge < -0.3 is 10.6 Å². The zero-order valence-electron chi connectivity index (χ0n) is 15.1. The van der Waals surface area contributed by atoms with Crippen molar-refractivity contribution < 1.29 is 0 Å². The van der Waals surface area contributed by atoms with Crippen LogP contribution in [0.4, 0.5) is 5.13 Å². The summed E-state index contributed by atoms with van der Waals surface area (Å²) in [5, 5.41) is 12.1. The van der Waals surface area contributed by atoms with Crippen LogP contribution in [0.5, 0.6) is 0 Å². The molecule has 7 heteroatoms. The molecule has 0 unspecified atom stereocenters. The molecule has 0 amide bonds. The van der Waals surface area contributed by atoms with Gasteiger partial charge in [-0.15, -0.1) is 22.7 Å². The molecule has 1 aliphatic rings. The van der Waals surface area contributed by atoms with E-state index in [0.29, 0.717) is 5.13 Å². The zero-order valence-corrected chi connectivity index (χ0v) is 16.7. The van der Waals surface area contributed by atoms with Crippen molar-refractivity contribution >= 4 is 34.5 Å². The van der Waals surface area contributed by atoms with E-state index in [-0.39, 0.29) is 0 Å². The Bertz CT molecular complexity index is 853. The molecule has 1 saturated heterocycles. The van der Waals surface area contributed by atoms with Crippen LogP contribution in [-0.4, -0.2) is 36.4 Å². The van der Waals surface area contributed by atoms with E-state index in [9.17, 15) is 0 Å².